The summed E-state index contributed by atoms with van der Waals surface area (Å²) in [6.45, 7) is 11.1. The molecule has 2 aromatic rings. The summed E-state index contributed by atoms with van der Waals surface area (Å²) >= 11 is 0. The van der Waals surface area contributed by atoms with Gasteiger partial charge in [0.2, 0.25) is 0 Å². The molecule has 8 heteroatoms. The maximum atomic E-state index is 13.7. The van der Waals surface area contributed by atoms with Gasteiger partial charge in [-0.3, -0.25) is 9.59 Å². The fraction of sp³-hybridized carbons (Fsp3) is 0.364. The second-order valence-electron chi connectivity index (χ2n) is 7.15. The van der Waals surface area contributed by atoms with Crippen molar-refractivity contribution in [2.45, 2.75) is 27.7 Å². The fourth-order valence-electron chi connectivity index (χ4n) is 3.66. The number of likely N-dealkylation sites (N-methyl/N-ethyl adjacent to an activating group) is 1. The lowest BCUT2D eigenvalue weighted by atomic mass is 10.1. The van der Waals surface area contributed by atoms with Gasteiger partial charge in [0.05, 0.1) is 11.1 Å². The summed E-state index contributed by atoms with van der Waals surface area (Å²) in [4.78, 5) is 30.5. The molecule has 6 nitrogen and oxygen atoms in total. The molecule has 0 fully saturated rings. The van der Waals surface area contributed by atoms with Crippen LogP contribution in [0.1, 0.15) is 46.7 Å². The summed E-state index contributed by atoms with van der Waals surface area (Å²) in [6, 6.07) is 4.20. The molecule has 3 N–H and O–H groups in total. The van der Waals surface area contributed by atoms with Crippen LogP contribution >= 0.6 is 12.4 Å². The number of H-pyrrole nitrogens is 1. The van der Waals surface area contributed by atoms with Crippen molar-refractivity contribution in [3.63, 3.8) is 0 Å². The van der Waals surface area contributed by atoms with E-state index in [2.05, 4.69) is 34.4 Å². The molecule has 0 unspecified atom stereocenters. The van der Waals surface area contributed by atoms with E-state index < -0.39 is 5.82 Å². The van der Waals surface area contributed by atoms with Crippen LogP contribution in [0.5, 0.6) is 0 Å². The molecule has 162 valence electrons. The van der Waals surface area contributed by atoms with Gasteiger partial charge in [0.25, 0.3) is 11.8 Å². The van der Waals surface area contributed by atoms with E-state index >= 15 is 0 Å². The normalized spacial score (nSPS) is 13.9. The maximum Gasteiger partial charge on any atom is 0.256 e. The summed E-state index contributed by atoms with van der Waals surface area (Å²) in [7, 11) is 0. The third-order valence-corrected chi connectivity index (χ3v) is 5.36. The van der Waals surface area contributed by atoms with Crippen LogP contribution in [0.2, 0.25) is 0 Å². The molecule has 30 heavy (non-hydrogen) atoms. The second-order valence-corrected chi connectivity index (χ2v) is 7.15. The highest BCUT2D eigenvalue weighted by Crippen LogP contribution is 2.34. The van der Waals surface area contributed by atoms with Gasteiger partial charge in [-0.1, -0.05) is 13.8 Å². The topological polar surface area (TPSA) is 77.2 Å². The van der Waals surface area contributed by atoms with E-state index in [1.165, 1.54) is 12.1 Å². The highest BCUT2D eigenvalue weighted by molar-refractivity contribution is 6.34. The Morgan fingerprint density at radius 1 is 1.23 bits per heavy atom. The first-order valence-corrected chi connectivity index (χ1v) is 9.88. The molecule has 0 spiro atoms. The van der Waals surface area contributed by atoms with E-state index in [1.54, 1.807) is 12.1 Å². The Balaban J connectivity index is 0.00000320. The molecule has 0 aliphatic carbocycles. The van der Waals surface area contributed by atoms with E-state index in [9.17, 15) is 14.0 Å². The van der Waals surface area contributed by atoms with Crippen molar-refractivity contribution >= 4 is 41.6 Å². The van der Waals surface area contributed by atoms with Crippen molar-refractivity contribution < 1.29 is 14.0 Å². The van der Waals surface area contributed by atoms with Crippen LogP contribution < -0.4 is 10.6 Å². The van der Waals surface area contributed by atoms with Crippen LogP contribution in [-0.4, -0.2) is 47.9 Å². The number of halogens is 2. The Bertz CT molecular complexity index is 980. The summed E-state index contributed by atoms with van der Waals surface area (Å²) in [5.41, 5.74) is 4.20. The first-order valence-electron chi connectivity index (χ1n) is 9.88. The van der Waals surface area contributed by atoms with Gasteiger partial charge in [0, 0.05) is 35.7 Å². The molecule has 0 saturated heterocycles. The Hall–Kier alpha value is -2.64. The van der Waals surface area contributed by atoms with Gasteiger partial charge in [-0.25, -0.2) is 4.39 Å². The molecule has 1 aromatic carbocycles. The summed E-state index contributed by atoms with van der Waals surface area (Å²) in [5.74, 6) is -0.836. The molecular weight excluding hydrogens is 408 g/mol. The van der Waals surface area contributed by atoms with Gasteiger partial charge in [-0.2, -0.15) is 0 Å². The number of anilines is 1. The lowest BCUT2D eigenvalue weighted by Crippen LogP contribution is -2.35. The van der Waals surface area contributed by atoms with E-state index in [0.29, 0.717) is 34.6 Å². The minimum atomic E-state index is -0.404. The number of benzene rings is 1. The number of aromatic amines is 1. The maximum absolute atomic E-state index is 13.7. The predicted octanol–water partition coefficient (Wildman–Crippen LogP) is 3.76. The first-order chi connectivity index (χ1) is 13.8. The van der Waals surface area contributed by atoms with E-state index in [-0.39, 0.29) is 24.2 Å². The highest BCUT2D eigenvalue weighted by atomic mass is 35.5. The zero-order valence-electron chi connectivity index (χ0n) is 17.7. The number of aryl methyl sites for hydroxylation is 1. The zero-order chi connectivity index (χ0) is 21.1. The molecule has 1 aliphatic rings. The number of fused-ring (bicyclic) bond motifs is 1. The Morgan fingerprint density at radius 3 is 2.60 bits per heavy atom. The number of carbonyl (C=O) groups excluding carboxylic acids is 2. The van der Waals surface area contributed by atoms with Crippen LogP contribution in [0.25, 0.3) is 11.6 Å². The summed E-state index contributed by atoms with van der Waals surface area (Å²) in [5, 5.41) is 5.70. The third kappa shape index (κ3) is 4.74. The molecule has 3 rings (SSSR count). The number of nitrogens with one attached hydrogen (secondary N) is 3. The zero-order valence-corrected chi connectivity index (χ0v) is 18.5. The van der Waals surface area contributed by atoms with E-state index in [0.717, 1.165) is 30.9 Å². The molecule has 2 amide bonds. The molecular formula is C22H28ClFN4O2. The van der Waals surface area contributed by atoms with Crippen molar-refractivity contribution in [3.8, 4) is 0 Å². The van der Waals surface area contributed by atoms with Gasteiger partial charge in [0.15, 0.2) is 0 Å². The molecule has 2 heterocycles. The van der Waals surface area contributed by atoms with E-state index in [4.69, 9.17) is 0 Å². The number of rotatable bonds is 7. The monoisotopic (exact) mass is 435 g/mol. The van der Waals surface area contributed by atoms with Gasteiger partial charge in [-0.05, 0) is 56.8 Å². The number of amides is 2. The first kappa shape index (κ1) is 23.6. The lowest BCUT2D eigenvalue weighted by Gasteiger charge is -2.18. The van der Waals surface area contributed by atoms with Crippen LogP contribution in [0.15, 0.2) is 18.2 Å². The van der Waals surface area contributed by atoms with Gasteiger partial charge < -0.3 is 20.5 Å². The fourth-order valence-corrected chi connectivity index (χ4v) is 3.66. The molecule has 1 aromatic heterocycles. The lowest BCUT2D eigenvalue weighted by molar-refractivity contribution is -0.110. The average Bonchev–Trinajstić information content (AvgIpc) is 3.14. The number of carbonyl (C=O) groups is 2. The average molecular weight is 436 g/mol. The van der Waals surface area contributed by atoms with Crippen LogP contribution in [0.4, 0.5) is 10.1 Å². The second kappa shape index (κ2) is 9.91. The van der Waals surface area contributed by atoms with Gasteiger partial charge in [0.1, 0.15) is 5.82 Å². The van der Waals surface area contributed by atoms with Crippen LogP contribution in [0.3, 0.4) is 0 Å². The van der Waals surface area contributed by atoms with Gasteiger partial charge in [-0.15, -0.1) is 12.4 Å². The Morgan fingerprint density at radius 2 is 1.93 bits per heavy atom. The highest BCUT2D eigenvalue weighted by Gasteiger charge is 2.26. The standard InChI is InChI=1S/C22H27FN4O2.ClH/c1-5-27(6-2)10-9-24-22(29)20-13(3)19(25-14(20)4)12-17-16-11-15(23)7-8-18(16)26-21(17)28;/h7-8,11-12,25H,5-6,9-10H2,1-4H3,(H,24,29)(H,26,28);1H/b17-12-;/i12+1;. The Labute approximate surface area is 182 Å². The van der Waals surface area contributed by atoms with Gasteiger partial charge >= 0.3 is 0 Å². The Kier molecular flexibility index (Phi) is 7.81. The number of hydrogen-bond donors (Lipinski definition) is 3. The number of aromatic nitrogens is 1. The summed E-state index contributed by atoms with van der Waals surface area (Å²) < 4.78 is 13.7. The summed E-state index contributed by atoms with van der Waals surface area (Å²) in [6.07, 6.45) is 1.68. The van der Waals surface area contributed by atoms with Crippen molar-refractivity contribution in [1.82, 2.24) is 15.2 Å². The van der Waals surface area contributed by atoms with Crippen LogP contribution in [0, 0.1) is 19.7 Å². The molecule has 0 radical (unpaired) electrons. The smallest absolute Gasteiger partial charge is 0.256 e. The van der Waals surface area contributed by atoms with Crippen molar-refractivity contribution in [3.05, 3.63) is 52.1 Å². The number of nitrogens with zero attached hydrogens (tertiary/aromatic N) is 1. The minimum absolute atomic E-state index is 0. The molecule has 0 saturated carbocycles. The molecule has 0 atom stereocenters. The largest absolute Gasteiger partial charge is 0.358 e. The van der Waals surface area contributed by atoms with Crippen molar-refractivity contribution in [2.75, 3.05) is 31.5 Å². The molecule has 0 bridgehead atoms. The third-order valence-electron chi connectivity index (χ3n) is 5.36. The molecule has 1 aliphatic heterocycles. The quantitative estimate of drug-likeness (QED) is 0.458. The predicted molar refractivity (Wildman–Crippen MR) is 121 cm³/mol. The van der Waals surface area contributed by atoms with Crippen molar-refractivity contribution in [2.24, 2.45) is 0 Å². The number of hydrogen-bond acceptors (Lipinski definition) is 3. The van der Waals surface area contributed by atoms with Crippen molar-refractivity contribution in [1.29, 1.82) is 0 Å². The minimum Gasteiger partial charge on any atom is -0.358 e. The SMILES string of the molecule is CCN(CC)CCNC(=O)c1c(C)[nH]c(/[13CH]=C2\C(=O)Nc3ccc(F)cc32)c1C.Cl. The van der Waals surface area contributed by atoms with Crippen LogP contribution in [-0.2, 0) is 4.79 Å². The van der Waals surface area contributed by atoms with E-state index in [1.807, 2.05) is 13.8 Å².